The van der Waals surface area contributed by atoms with E-state index in [0.717, 1.165) is 47.5 Å². The Kier molecular flexibility index (Phi) is 4.34. The first kappa shape index (κ1) is 17.9. The highest BCUT2D eigenvalue weighted by atomic mass is 35.5. The van der Waals surface area contributed by atoms with Crippen molar-refractivity contribution >= 4 is 28.4 Å². The van der Waals surface area contributed by atoms with Crippen molar-refractivity contribution < 1.29 is 18.0 Å². The molecule has 1 heterocycles. The molecule has 1 aliphatic rings. The van der Waals surface area contributed by atoms with Crippen LogP contribution in [-0.2, 0) is 12.7 Å². The molecule has 0 saturated heterocycles. The number of amides is 1. The van der Waals surface area contributed by atoms with Gasteiger partial charge in [0.1, 0.15) is 0 Å². The average molecular weight is 394 g/mol. The third kappa shape index (κ3) is 3.51. The fourth-order valence-electron chi connectivity index (χ4n) is 3.22. The topological polar surface area (TPSA) is 57.8 Å². The second-order valence-corrected chi connectivity index (χ2v) is 7.02. The predicted octanol–water partition coefficient (Wildman–Crippen LogP) is 5.04. The summed E-state index contributed by atoms with van der Waals surface area (Å²) in [5, 5.41) is 10.2. The minimum Gasteiger partial charge on any atom is -0.348 e. The van der Waals surface area contributed by atoms with Gasteiger partial charge >= 0.3 is 6.18 Å². The van der Waals surface area contributed by atoms with Crippen molar-refractivity contribution in [3.63, 3.8) is 0 Å². The Labute approximate surface area is 157 Å². The van der Waals surface area contributed by atoms with Gasteiger partial charge in [0.15, 0.2) is 0 Å². The van der Waals surface area contributed by atoms with Gasteiger partial charge in [0.05, 0.1) is 22.3 Å². The molecule has 0 radical (unpaired) electrons. The molecule has 1 aromatic heterocycles. The van der Waals surface area contributed by atoms with Crippen LogP contribution in [0.25, 0.3) is 10.9 Å². The second-order valence-electron chi connectivity index (χ2n) is 6.61. The number of alkyl halides is 3. The summed E-state index contributed by atoms with van der Waals surface area (Å²) in [6.45, 7) is 0.264. The highest BCUT2D eigenvalue weighted by Crippen LogP contribution is 2.43. The number of H-pyrrole nitrogens is 1. The molecule has 0 atom stereocenters. The Morgan fingerprint density at radius 3 is 2.70 bits per heavy atom. The maximum Gasteiger partial charge on any atom is 0.417 e. The standard InChI is InChI=1S/C19H15ClF3N3O/c20-16-7-11(3-5-15(16)19(21,22)23)18(27)24-8-13-12(10-1-2-10)4-6-17-14(13)9-25-26-17/h3-7,9-10H,1-2,8H2,(H,24,27)(H,25,26). The van der Waals surface area contributed by atoms with Crippen LogP contribution >= 0.6 is 11.6 Å². The summed E-state index contributed by atoms with van der Waals surface area (Å²) in [6.07, 6.45) is -0.614. The van der Waals surface area contributed by atoms with Gasteiger partial charge in [-0.05, 0) is 54.2 Å². The molecule has 8 heteroatoms. The van der Waals surface area contributed by atoms with Gasteiger partial charge in [0.25, 0.3) is 5.91 Å². The van der Waals surface area contributed by atoms with Crippen LogP contribution in [0.2, 0.25) is 5.02 Å². The van der Waals surface area contributed by atoms with Gasteiger partial charge in [-0.25, -0.2) is 0 Å². The molecule has 1 amide bonds. The van der Waals surface area contributed by atoms with Crippen LogP contribution in [0, 0.1) is 0 Å². The number of nitrogens with one attached hydrogen (secondary N) is 2. The lowest BCUT2D eigenvalue weighted by Gasteiger charge is -2.13. The summed E-state index contributed by atoms with van der Waals surface area (Å²) >= 11 is 5.70. The molecule has 3 aromatic rings. The summed E-state index contributed by atoms with van der Waals surface area (Å²) in [7, 11) is 0. The largest absolute Gasteiger partial charge is 0.417 e. The molecule has 1 fully saturated rings. The fourth-order valence-corrected chi connectivity index (χ4v) is 3.51. The van der Waals surface area contributed by atoms with E-state index in [1.807, 2.05) is 12.1 Å². The summed E-state index contributed by atoms with van der Waals surface area (Å²) in [5.74, 6) is 0.00425. The Balaban J connectivity index is 1.57. The zero-order valence-electron chi connectivity index (χ0n) is 14.0. The van der Waals surface area contributed by atoms with Crippen molar-refractivity contribution in [2.24, 2.45) is 0 Å². The van der Waals surface area contributed by atoms with Crippen molar-refractivity contribution in [2.75, 3.05) is 0 Å². The lowest BCUT2D eigenvalue weighted by atomic mass is 9.99. The highest BCUT2D eigenvalue weighted by Gasteiger charge is 2.33. The monoisotopic (exact) mass is 393 g/mol. The van der Waals surface area contributed by atoms with Gasteiger partial charge in [-0.3, -0.25) is 9.89 Å². The van der Waals surface area contributed by atoms with Gasteiger partial charge in [0, 0.05) is 17.5 Å². The Morgan fingerprint density at radius 2 is 2.04 bits per heavy atom. The SMILES string of the molecule is O=C(NCc1c(C2CC2)ccc2[nH]ncc12)c1ccc(C(F)(F)F)c(Cl)c1. The minimum atomic E-state index is -4.55. The molecule has 2 aromatic carbocycles. The number of halogens is 4. The second kappa shape index (κ2) is 6.56. The first-order valence-corrected chi connectivity index (χ1v) is 8.82. The fraction of sp³-hybridized carbons (Fsp3) is 0.263. The Morgan fingerprint density at radius 1 is 1.26 bits per heavy atom. The number of hydrogen-bond donors (Lipinski definition) is 2. The van der Waals surface area contributed by atoms with Gasteiger partial charge < -0.3 is 5.32 Å². The third-order valence-corrected chi connectivity index (χ3v) is 5.06. The number of aromatic amines is 1. The van der Waals surface area contributed by atoms with Crippen LogP contribution in [0.15, 0.2) is 36.5 Å². The number of rotatable bonds is 4. The van der Waals surface area contributed by atoms with Gasteiger partial charge in [-0.15, -0.1) is 0 Å². The lowest BCUT2D eigenvalue weighted by molar-refractivity contribution is -0.137. The maximum atomic E-state index is 12.8. The number of aromatic nitrogens is 2. The quantitative estimate of drug-likeness (QED) is 0.652. The van der Waals surface area contributed by atoms with E-state index in [2.05, 4.69) is 15.5 Å². The molecule has 0 spiro atoms. The van der Waals surface area contributed by atoms with Crippen molar-refractivity contribution in [1.82, 2.24) is 15.5 Å². The van der Waals surface area contributed by atoms with E-state index in [4.69, 9.17) is 11.6 Å². The smallest absolute Gasteiger partial charge is 0.348 e. The first-order valence-electron chi connectivity index (χ1n) is 8.44. The first-order chi connectivity index (χ1) is 12.8. The number of benzene rings is 2. The number of carbonyl (C=O) groups is 1. The average Bonchev–Trinajstić information content (AvgIpc) is 3.34. The predicted molar refractivity (Wildman–Crippen MR) is 95.7 cm³/mol. The summed E-state index contributed by atoms with van der Waals surface area (Å²) in [4.78, 5) is 12.4. The normalized spacial score (nSPS) is 14.5. The molecule has 2 N–H and O–H groups in total. The van der Waals surface area contributed by atoms with Crippen molar-refractivity contribution in [2.45, 2.75) is 31.5 Å². The Hall–Kier alpha value is -2.54. The zero-order chi connectivity index (χ0) is 19.2. The molecule has 0 aliphatic heterocycles. The molecule has 0 unspecified atom stereocenters. The third-order valence-electron chi connectivity index (χ3n) is 4.75. The molecule has 140 valence electrons. The van der Waals surface area contributed by atoms with E-state index in [1.165, 1.54) is 5.56 Å². The lowest BCUT2D eigenvalue weighted by Crippen LogP contribution is -2.23. The van der Waals surface area contributed by atoms with Crippen LogP contribution in [0.3, 0.4) is 0 Å². The van der Waals surface area contributed by atoms with Gasteiger partial charge in [-0.1, -0.05) is 17.7 Å². The van der Waals surface area contributed by atoms with Crippen LogP contribution in [0.5, 0.6) is 0 Å². The maximum absolute atomic E-state index is 12.8. The summed E-state index contributed by atoms with van der Waals surface area (Å²) in [5.41, 5.74) is 2.16. The number of nitrogens with zero attached hydrogens (tertiary/aromatic N) is 1. The molecular formula is C19H15ClF3N3O. The van der Waals surface area contributed by atoms with Crippen molar-refractivity contribution in [3.8, 4) is 0 Å². The van der Waals surface area contributed by atoms with E-state index in [0.29, 0.717) is 5.92 Å². The van der Waals surface area contributed by atoms with E-state index < -0.39 is 22.7 Å². The number of hydrogen-bond acceptors (Lipinski definition) is 2. The van der Waals surface area contributed by atoms with Gasteiger partial charge in [0.2, 0.25) is 0 Å². The molecule has 27 heavy (non-hydrogen) atoms. The van der Waals surface area contributed by atoms with Crippen LogP contribution < -0.4 is 5.32 Å². The van der Waals surface area contributed by atoms with E-state index in [1.54, 1.807) is 6.20 Å². The van der Waals surface area contributed by atoms with E-state index in [-0.39, 0.29) is 12.1 Å². The minimum absolute atomic E-state index is 0.0836. The van der Waals surface area contributed by atoms with Crippen molar-refractivity contribution in [1.29, 1.82) is 0 Å². The molecule has 1 saturated carbocycles. The molecule has 4 nitrogen and oxygen atoms in total. The molecule has 4 rings (SSSR count). The molecule has 1 aliphatic carbocycles. The van der Waals surface area contributed by atoms with E-state index >= 15 is 0 Å². The Bertz CT molecular complexity index is 1020. The number of fused-ring (bicyclic) bond motifs is 1. The number of carbonyl (C=O) groups excluding carboxylic acids is 1. The molecular weight excluding hydrogens is 379 g/mol. The summed E-state index contributed by atoms with van der Waals surface area (Å²) < 4.78 is 38.4. The highest BCUT2D eigenvalue weighted by molar-refractivity contribution is 6.31. The van der Waals surface area contributed by atoms with Crippen LogP contribution in [-0.4, -0.2) is 16.1 Å². The summed E-state index contributed by atoms with van der Waals surface area (Å²) in [6, 6.07) is 7.00. The van der Waals surface area contributed by atoms with Crippen molar-refractivity contribution in [3.05, 3.63) is 63.8 Å². The van der Waals surface area contributed by atoms with E-state index in [9.17, 15) is 18.0 Å². The zero-order valence-corrected chi connectivity index (χ0v) is 14.8. The van der Waals surface area contributed by atoms with Crippen LogP contribution in [0.1, 0.15) is 45.8 Å². The van der Waals surface area contributed by atoms with Gasteiger partial charge in [-0.2, -0.15) is 18.3 Å². The molecule has 0 bridgehead atoms. The van der Waals surface area contributed by atoms with Crippen LogP contribution in [0.4, 0.5) is 13.2 Å².